The average molecular weight is 441 g/mol. The number of pyridine rings is 1. The zero-order valence-corrected chi connectivity index (χ0v) is 19.2. The van der Waals surface area contributed by atoms with E-state index in [9.17, 15) is 4.79 Å². The van der Waals surface area contributed by atoms with Crippen LogP contribution in [0.15, 0.2) is 36.5 Å². The van der Waals surface area contributed by atoms with E-state index in [2.05, 4.69) is 39.7 Å². The van der Waals surface area contributed by atoms with E-state index < -0.39 is 0 Å². The SMILES string of the molecule is COc1ccc(C23CCC(NC(=O)Nc4cccnc4OC)CC2N(C)CC3)cc1OC. The Labute approximate surface area is 189 Å². The Balaban J connectivity index is 1.48. The summed E-state index contributed by atoms with van der Waals surface area (Å²) in [5.41, 5.74) is 1.89. The number of amides is 2. The fourth-order valence-corrected chi connectivity index (χ4v) is 5.39. The van der Waals surface area contributed by atoms with Gasteiger partial charge in [-0.25, -0.2) is 9.78 Å². The molecular formula is C24H32N4O4. The Hall–Kier alpha value is -3.00. The smallest absolute Gasteiger partial charge is 0.319 e. The largest absolute Gasteiger partial charge is 0.493 e. The van der Waals surface area contributed by atoms with Crippen molar-refractivity contribution < 1.29 is 19.0 Å². The van der Waals surface area contributed by atoms with Gasteiger partial charge in [-0.2, -0.15) is 0 Å². The van der Waals surface area contributed by atoms with Gasteiger partial charge in [0, 0.05) is 23.7 Å². The second-order valence-electron chi connectivity index (χ2n) is 8.60. The quantitative estimate of drug-likeness (QED) is 0.716. The van der Waals surface area contributed by atoms with Gasteiger partial charge in [-0.1, -0.05) is 6.07 Å². The molecule has 2 aromatic rings. The molecule has 1 aromatic carbocycles. The molecule has 1 aliphatic heterocycles. The number of fused-ring (bicyclic) bond motifs is 1. The minimum Gasteiger partial charge on any atom is -0.493 e. The number of rotatable bonds is 6. The van der Waals surface area contributed by atoms with Gasteiger partial charge in [0.15, 0.2) is 11.5 Å². The van der Waals surface area contributed by atoms with Crippen LogP contribution in [0.2, 0.25) is 0 Å². The molecule has 0 radical (unpaired) electrons. The molecule has 8 heteroatoms. The number of carbonyl (C=O) groups is 1. The molecule has 2 N–H and O–H groups in total. The Bertz CT molecular complexity index is 969. The highest BCUT2D eigenvalue weighted by Gasteiger charge is 2.50. The molecule has 4 rings (SSSR count). The third kappa shape index (κ3) is 4.07. The maximum atomic E-state index is 12.7. The first-order chi connectivity index (χ1) is 15.5. The molecule has 0 spiro atoms. The van der Waals surface area contributed by atoms with E-state index in [0.717, 1.165) is 43.7 Å². The van der Waals surface area contributed by atoms with Crippen molar-refractivity contribution in [3.63, 3.8) is 0 Å². The summed E-state index contributed by atoms with van der Waals surface area (Å²) in [4.78, 5) is 19.2. The number of likely N-dealkylation sites (N-methyl/N-ethyl adjacent to an activating group) is 1. The van der Waals surface area contributed by atoms with Crippen molar-refractivity contribution in [1.29, 1.82) is 0 Å². The van der Waals surface area contributed by atoms with E-state index in [1.54, 1.807) is 32.5 Å². The number of urea groups is 1. The highest BCUT2D eigenvalue weighted by atomic mass is 16.5. The van der Waals surface area contributed by atoms with E-state index in [1.807, 2.05) is 6.07 Å². The number of methoxy groups -OCH3 is 3. The number of anilines is 1. The lowest BCUT2D eigenvalue weighted by atomic mass is 9.65. The molecule has 2 amide bonds. The van der Waals surface area contributed by atoms with E-state index in [-0.39, 0.29) is 17.5 Å². The van der Waals surface area contributed by atoms with Crippen LogP contribution in [0.5, 0.6) is 17.4 Å². The summed E-state index contributed by atoms with van der Waals surface area (Å²) in [5.74, 6) is 1.90. The Morgan fingerprint density at radius 2 is 1.94 bits per heavy atom. The van der Waals surface area contributed by atoms with Crippen LogP contribution in [-0.2, 0) is 5.41 Å². The molecule has 2 heterocycles. The van der Waals surface area contributed by atoms with E-state index in [0.29, 0.717) is 17.6 Å². The van der Waals surface area contributed by atoms with Crippen LogP contribution in [0.1, 0.15) is 31.2 Å². The fraction of sp³-hybridized carbons (Fsp3) is 0.500. The number of carbonyl (C=O) groups excluding carboxylic acids is 1. The Morgan fingerprint density at radius 3 is 2.69 bits per heavy atom. The van der Waals surface area contributed by atoms with Gasteiger partial charge >= 0.3 is 6.03 Å². The fourth-order valence-electron chi connectivity index (χ4n) is 5.39. The summed E-state index contributed by atoms with van der Waals surface area (Å²) in [7, 11) is 7.05. The zero-order valence-electron chi connectivity index (χ0n) is 19.2. The van der Waals surface area contributed by atoms with Crippen LogP contribution in [-0.4, -0.2) is 62.9 Å². The molecular weight excluding hydrogens is 408 g/mol. The van der Waals surface area contributed by atoms with E-state index in [4.69, 9.17) is 14.2 Å². The third-order valence-electron chi connectivity index (χ3n) is 7.03. The van der Waals surface area contributed by atoms with Gasteiger partial charge in [0.05, 0.1) is 21.3 Å². The minimum atomic E-state index is -0.236. The summed E-state index contributed by atoms with van der Waals surface area (Å²) in [6, 6.07) is 10.0. The monoisotopic (exact) mass is 440 g/mol. The van der Waals surface area contributed by atoms with Crippen molar-refractivity contribution >= 4 is 11.7 Å². The molecule has 2 fully saturated rings. The topological polar surface area (TPSA) is 85.0 Å². The third-order valence-corrected chi connectivity index (χ3v) is 7.03. The second-order valence-corrected chi connectivity index (χ2v) is 8.60. The summed E-state index contributed by atoms with van der Waals surface area (Å²) < 4.78 is 16.2. The summed E-state index contributed by atoms with van der Waals surface area (Å²) in [6.07, 6.45) is 5.53. The molecule has 1 aromatic heterocycles. The van der Waals surface area contributed by atoms with Crippen LogP contribution >= 0.6 is 0 Å². The van der Waals surface area contributed by atoms with Crippen molar-refractivity contribution in [2.45, 2.75) is 43.2 Å². The molecule has 2 aliphatic rings. The molecule has 3 unspecified atom stereocenters. The first-order valence-corrected chi connectivity index (χ1v) is 11.0. The van der Waals surface area contributed by atoms with E-state index >= 15 is 0 Å². The minimum absolute atomic E-state index is 0.0511. The van der Waals surface area contributed by atoms with Crippen molar-refractivity contribution in [1.82, 2.24) is 15.2 Å². The molecule has 1 aliphatic carbocycles. The number of hydrogen-bond acceptors (Lipinski definition) is 6. The standard InChI is InChI=1S/C24H32N4O4/c1-28-13-11-24(16-7-8-19(30-2)20(14-16)31-3)10-9-17(15-21(24)28)26-23(29)27-18-6-5-12-25-22(18)32-4/h5-8,12,14,17,21H,9-11,13,15H2,1-4H3,(H2,26,27,29). The maximum Gasteiger partial charge on any atom is 0.319 e. The van der Waals surface area contributed by atoms with Crippen molar-refractivity contribution in [2.75, 3.05) is 40.2 Å². The second kappa shape index (κ2) is 9.24. The predicted molar refractivity (Wildman–Crippen MR) is 123 cm³/mol. The van der Waals surface area contributed by atoms with Crippen LogP contribution in [0.3, 0.4) is 0 Å². The van der Waals surface area contributed by atoms with Gasteiger partial charge in [-0.05, 0) is 69.1 Å². The molecule has 1 saturated carbocycles. The van der Waals surface area contributed by atoms with Crippen molar-refractivity contribution in [2.24, 2.45) is 0 Å². The zero-order chi connectivity index (χ0) is 22.7. The van der Waals surface area contributed by atoms with Gasteiger partial charge in [0.1, 0.15) is 5.69 Å². The number of nitrogens with zero attached hydrogens (tertiary/aromatic N) is 2. The van der Waals surface area contributed by atoms with Gasteiger partial charge < -0.3 is 29.7 Å². The number of benzene rings is 1. The van der Waals surface area contributed by atoms with Crippen LogP contribution in [0, 0.1) is 0 Å². The maximum absolute atomic E-state index is 12.7. The summed E-state index contributed by atoms with van der Waals surface area (Å²) >= 11 is 0. The van der Waals surface area contributed by atoms with E-state index in [1.165, 1.54) is 12.7 Å². The summed E-state index contributed by atoms with van der Waals surface area (Å²) in [5, 5.41) is 6.02. The molecule has 8 nitrogen and oxygen atoms in total. The van der Waals surface area contributed by atoms with Crippen LogP contribution in [0.25, 0.3) is 0 Å². The number of hydrogen-bond donors (Lipinski definition) is 2. The number of ether oxygens (including phenoxy) is 3. The van der Waals surface area contributed by atoms with Crippen molar-refractivity contribution in [3.05, 3.63) is 42.1 Å². The number of aromatic nitrogens is 1. The summed E-state index contributed by atoms with van der Waals surface area (Å²) in [6.45, 7) is 1.03. The molecule has 172 valence electrons. The molecule has 32 heavy (non-hydrogen) atoms. The molecule has 3 atom stereocenters. The van der Waals surface area contributed by atoms with Gasteiger partial charge in [-0.15, -0.1) is 0 Å². The predicted octanol–water partition coefficient (Wildman–Crippen LogP) is 3.42. The number of nitrogens with one attached hydrogen (secondary N) is 2. The Kier molecular flexibility index (Phi) is 6.41. The van der Waals surface area contributed by atoms with Crippen molar-refractivity contribution in [3.8, 4) is 17.4 Å². The Morgan fingerprint density at radius 1 is 1.12 bits per heavy atom. The van der Waals surface area contributed by atoms with Gasteiger partial charge in [0.25, 0.3) is 0 Å². The molecule has 1 saturated heterocycles. The lowest BCUT2D eigenvalue weighted by molar-refractivity contribution is 0.156. The normalized spacial score (nSPS) is 25.0. The highest BCUT2D eigenvalue weighted by Crippen LogP contribution is 2.49. The lowest BCUT2D eigenvalue weighted by Gasteiger charge is -2.45. The van der Waals surface area contributed by atoms with Crippen LogP contribution < -0.4 is 24.8 Å². The first-order valence-electron chi connectivity index (χ1n) is 11.0. The molecule has 0 bridgehead atoms. The van der Waals surface area contributed by atoms with Crippen LogP contribution in [0.4, 0.5) is 10.5 Å². The first kappa shape index (κ1) is 22.2. The number of likely N-dealkylation sites (tertiary alicyclic amines) is 1. The van der Waals surface area contributed by atoms with Gasteiger partial charge in [0.2, 0.25) is 5.88 Å². The van der Waals surface area contributed by atoms with Gasteiger partial charge in [-0.3, -0.25) is 0 Å². The highest BCUT2D eigenvalue weighted by molar-refractivity contribution is 5.90. The lowest BCUT2D eigenvalue weighted by Crippen LogP contribution is -2.52. The average Bonchev–Trinajstić information content (AvgIpc) is 3.16.